The molecule has 2 N–H and O–H groups in total. The van der Waals surface area contributed by atoms with Crippen LogP contribution in [0.3, 0.4) is 0 Å². The molecular formula is C18H21N3O4. The van der Waals surface area contributed by atoms with E-state index in [1.54, 1.807) is 43.3 Å². The second kappa shape index (κ2) is 8.58. The summed E-state index contributed by atoms with van der Waals surface area (Å²) in [5.41, 5.74) is 2.17. The van der Waals surface area contributed by atoms with E-state index in [4.69, 9.17) is 4.74 Å². The molecule has 0 spiro atoms. The standard InChI is InChI=1S/C18H21N3O4/c1-21(12-13-5-4-6-16(11-13)24-2)17(22)19-14-7-9-15(10-8-14)20-18(23)25-3/h4-11H,12H2,1-3H3,(H,19,22)(H,20,23). The van der Waals surface area contributed by atoms with Crippen LogP contribution < -0.4 is 15.4 Å². The Balaban J connectivity index is 1.92. The average Bonchev–Trinajstić information content (AvgIpc) is 2.63. The summed E-state index contributed by atoms with van der Waals surface area (Å²) < 4.78 is 9.70. The fourth-order valence-electron chi connectivity index (χ4n) is 2.14. The van der Waals surface area contributed by atoms with Crippen LogP contribution in [0.25, 0.3) is 0 Å². The predicted octanol–water partition coefficient (Wildman–Crippen LogP) is 3.54. The van der Waals surface area contributed by atoms with Gasteiger partial charge in [0.15, 0.2) is 0 Å². The third-order valence-corrected chi connectivity index (χ3v) is 3.47. The summed E-state index contributed by atoms with van der Waals surface area (Å²) >= 11 is 0. The van der Waals surface area contributed by atoms with Crippen molar-refractivity contribution in [3.05, 3.63) is 54.1 Å². The van der Waals surface area contributed by atoms with Gasteiger partial charge < -0.3 is 19.7 Å². The smallest absolute Gasteiger partial charge is 0.411 e. The topological polar surface area (TPSA) is 79.9 Å². The quantitative estimate of drug-likeness (QED) is 0.870. The molecular weight excluding hydrogens is 322 g/mol. The Labute approximate surface area is 146 Å². The van der Waals surface area contributed by atoms with E-state index >= 15 is 0 Å². The zero-order valence-electron chi connectivity index (χ0n) is 14.4. The minimum absolute atomic E-state index is 0.239. The Hall–Kier alpha value is -3.22. The number of benzene rings is 2. The van der Waals surface area contributed by atoms with Crippen LogP contribution in [0.4, 0.5) is 21.0 Å². The molecule has 0 aliphatic heterocycles. The van der Waals surface area contributed by atoms with E-state index in [0.29, 0.717) is 17.9 Å². The van der Waals surface area contributed by atoms with Crippen LogP contribution in [0.15, 0.2) is 48.5 Å². The molecule has 0 radical (unpaired) electrons. The number of rotatable bonds is 5. The second-order valence-corrected chi connectivity index (χ2v) is 5.33. The van der Waals surface area contributed by atoms with Crippen molar-refractivity contribution in [3.8, 4) is 5.75 Å². The van der Waals surface area contributed by atoms with Gasteiger partial charge in [0.1, 0.15) is 5.75 Å². The van der Waals surface area contributed by atoms with Crippen molar-refractivity contribution in [2.45, 2.75) is 6.54 Å². The van der Waals surface area contributed by atoms with Gasteiger partial charge in [-0.1, -0.05) is 12.1 Å². The number of ether oxygens (including phenoxy) is 2. The lowest BCUT2D eigenvalue weighted by Crippen LogP contribution is -2.30. The molecule has 0 bridgehead atoms. The van der Waals surface area contributed by atoms with Crippen LogP contribution in [0.1, 0.15) is 5.56 Å². The molecule has 3 amide bonds. The summed E-state index contributed by atoms with van der Waals surface area (Å²) in [5, 5.41) is 5.34. The van der Waals surface area contributed by atoms with Crippen molar-refractivity contribution in [1.82, 2.24) is 4.90 Å². The molecule has 0 heterocycles. The summed E-state index contributed by atoms with van der Waals surface area (Å²) in [5.74, 6) is 0.750. The number of methoxy groups -OCH3 is 2. The van der Waals surface area contributed by atoms with Gasteiger partial charge in [0.2, 0.25) is 0 Å². The molecule has 0 unspecified atom stereocenters. The fourth-order valence-corrected chi connectivity index (χ4v) is 2.14. The first-order valence-electron chi connectivity index (χ1n) is 7.62. The van der Waals surface area contributed by atoms with Crippen molar-refractivity contribution in [2.24, 2.45) is 0 Å². The van der Waals surface area contributed by atoms with E-state index in [1.165, 1.54) is 7.11 Å². The molecule has 2 aromatic rings. The predicted molar refractivity (Wildman–Crippen MR) is 95.9 cm³/mol. The molecule has 0 saturated heterocycles. The van der Waals surface area contributed by atoms with Gasteiger partial charge in [-0.25, -0.2) is 9.59 Å². The van der Waals surface area contributed by atoms with Crippen LogP contribution in [0.5, 0.6) is 5.75 Å². The van der Waals surface area contributed by atoms with Gasteiger partial charge in [0.25, 0.3) is 0 Å². The fraction of sp³-hybridized carbons (Fsp3) is 0.222. The van der Waals surface area contributed by atoms with E-state index in [-0.39, 0.29) is 6.03 Å². The maximum Gasteiger partial charge on any atom is 0.411 e. The zero-order valence-corrected chi connectivity index (χ0v) is 14.4. The minimum atomic E-state index is -0.546. The highest BCUT2D eigenvalue weighted by molar-refractivity contribution is 5.90. The van der Waals surface area contributed by atoms with Crippen LogP contribution in [-0.2, 0) is 11.3 Å². The lowest BCUT2D eigenvalue weighted by Gasteiger charge is -2.18. The molecule has 0 aromatic heterocycles. The van der Waals surface area contributed by atoms with Crippen molar-refractivity contribution in [3.63, 3.8) is 0 Å². The van der Waals surface area contributed by atoms with Gasteiger partial charge in [0, 0.05) is 25.0 Å². The molecule has 7 nitrogen and oxygen atoms in total. The van der Waals surface area contributed by atoms with E-state index in [2.05, 4.69) is 15.4 Å². The minimum Gasteiger partial charge on any atom is -0.497 e. The number of anilines is 2. The maximum atomic E-state index is 12.3. The van der Waals surface area contributed by atoms with Gasteiger partial charge in [-0.05, 0) is 42.0 Å². The van der Waals surface area contributed by atoms with E-state index in [0.717, 1.165) is 11.3 Å². The molecule has 7 heteroatoms. The Morgan fingerprint density at radius 3 is 2.24 bits per heavy atom. The highest BCUT2D eigenvalue weighted by Gasteiger charge is 2.10. The summed E-state index contributed by atoms with van der Waals surface area (Å²) in [4.78, 5) is 25.0. The molecule has 0 aliphatic carbocycles. The first-order chi connectivity index (χ1) is 12.0. The third-order valence-electron chi connectivity index (χ3n) is 3.47. The number of amides is 3. The summed E-state index contributed by atoms with van der Waals surface area (Å²) in [6, 6.07) is 14.1. The molecule has 2 aromatic carbocycles. The molecule has 0 fully saturated rings. The summed E-state index contributed by atoms with van der Waals surface area (Å²) in [6.45, 7) is 0.449. The maximum absolute atomic E-state index is 12.3. The Morgan fingerprint density at radius 1 is 1.00 bits per heavy atom. The zero-order chi connectivity index (χ0) is 18.2. The normalized spacial score (nSPS) is 9.88. The van der Waals surface area contributed by atoms with Gasteiger partial charge >= 0.3 is 12.1 Å². The number of hydrogen-bond acceptors (Lipinski definition) is 4. The van der Waals surface area contributed by atoms with Crippen molar-refractivity contribution < 1.29 is 19.1 Å². The molecule has 0 saturated carbocycles. The molecule has 0 aliphatic rings. The van der Waals surface area contributed by atoms with Gasteiger partial charge in [-0.15, -0.1) is 0 Å². The number of carbonyl (C=O) groups excluding carboxylic acids is 2. The molecule has 0 atom stereocenters. The van der Waals surface area contributed by atoms with Crippen molar-refractivity contribution in [1.29, 1.82) is 0 Å². The van der Waals surface area contributed by atoms with Crippen LogP contribution in [-0.4, -0.2) is 38.3 Å². The molecule has 25 heavy (non-hydrogen) atoms. The molecule has 132 valence electrons. The molecule has 2 rings (SSSR count). The monoisotopic (exact) mass is 343 g/mol. The second-order valence-electron chi connectivity index (χ2n) is 5.33. The number of urea groups is 1. The van der Waals surface area contributed by atoms with Crippen molar-refractivity contribution >= 4 is 23.5 Å². The number of hydrogen-bond donors (Lipinski definition) is 2. The van der Waals surface area contributed by atoms with E-state index in [9.17, 15) is 9.59 Å². The Morgan fingerprint density at radius 2 is 1.64 bits per heavy atom. The lowest BCUT2D eigenvalue weighted by atomic mass is 10.2. The summed E-state index contributed by atoms with van der Waals surface area (Å²) in [6.07, 6.45) is -0.546. The van der Waals surface area contributed by atoms with E-state index in [1.807, 2.05) is 24.3 Å². The lowest BCUT2D eigenvalue weighted by molar-refractivity contribution is 0.187. The van der Waals surface area contributed by atoms with E-state index < -0.39 is 6.09 Å². The first-order valence-corrected chi connectivity index (χ1v) is 7.62. The van der Waals surface area contributed by atoms with Crippen LogP contribution >= 0.6 is 0 Å². The summed E-state index contributed by atoms with van der Waals surface area (Å²) in [7, 11) is 4.61. The highest BCUT2D eigenvalue weighted by atomic mass is 16.5. The Kier molecular flexibility index (Phi) is 6.22. The first kappa shape index (κ1) is 18.1. The largest absolute Gasteiger partial charge is 0.497 e. The number of nitrogens with one attached hydrogen (secondary N) is 2. The van der Waals surface area contributed by atoms with Crippen LogP contribution in [0, 0.1) is 0 Å². The highest BCUT2D eigenvalue weighted by Crippen LogP contribution is 2.16. The third kappa shape index (κ3) is 5.42. The Bertz CT molecular complexity index is 731. The van der Waals surface area contributed by atoms with Crippen LogP contribution in [0.2, 0.25) is 0 Å². The SMILES string of the molecule is COC(=O)Nc1ccc(NC(=O)N(C)Cc2cccc(OC)c2)cc1. The number of nitrogens with zero attached hydrogens (tertiary/aromatic N) is 1. The van der Waals surface area contributed by atoms with Gasteiger partial charge in [-0.3, -0.25) is 5.32 Å². The van der Waals surface area contributed by atoms with Crippen molar-refractivity contribution in [2.75, 3.05) is 31.9 Å². The number of carbonyl (C=O) groups is 2. The van der Waals surface area contributed by atoms with Gasteiger partial charge in [0.05, 0.1) is 14.2 Å². The average molecular weight is 343 g/mol. The van der Waals surface area contributed by atoms with Gasteiger partial charge in [-0.2, -0.15) is 0 Å².